The van der Waals surface area contributed by atoms with Crippen LogP contribution in [0.2, 0.25) is 0 Å². The van der Waals surface area contributed by atoms with Gasteiger partial charge in [-0.05, 0) is 51.0 Å². The molecule has 0 aliphatic heterocycles. The van der Waals surface area contributed by atoms with Crippen LogP contribution < -0.4 is 10.9 Å². The predicted molar refractivity (Wildman–Crippen MR) is 89.1 cm³/mol. The van der Waals surface area contributed by atoms with Gasteiger partial charge in [0.2, 0.25) is 0 Å². The fourth-order valence-electron chi connectivity index (χ4n) is 2.30. The van der Waals surface area contributed by atoms with Crippen LogP contribution in [-0.4, -0.2) is 18.0 Å². The molecule has 6 nitrogen and oxygen atoms in total. The number of carbonyl (C=O) groups excluding carboxylic acids is 2. The minimum Gasteiger partial charge on any atom is -0.449 e. The van der Waals surface area contributed by atoms with E-state index in [1.807, 2.05) is 25.1 Å². The highest BCUT2D eigenvalue weighted by molar-refractivity contribution is 5.98. The second-order valence-electron chi connectivity index (χ2n) is 5.59. The lowest BCUT2D eigenvalue weighted by Crippen LogP contribution is -2.30. The van der Waals surface area contributed by atoms with Gasteiger partial charge in [0.15, 0.2) is 6.10 Å². The molecular weight excluding hydrogens is 310 g/mol. The van der Waals surface area contributed by atoms with Crippen molar-refractivity contribution >= 4 is 17.6 Å². The second kappa shape index (κ2) is 7.12. The van der Waals surface area contributed by atoms with Gasteiger partial charge in [0.25, 0.3) is 5.91 Å². The number of rotatable bonds is 4. The lowest BCUT2D eigenvalue weighted by atomic mass is 10.1. The number of hydrogen-bond donors (Lipinski definition) is 1. The van der Waals surface area contributed by atoms with Crippen molar-refractivity contribution in [1.29, 1.82) is 0 Å². The fourth-order valence-corrected chi connectivity index (χ4v) is 2.30. The zero-order chi connectivity index (χ0) is 17.9. The predicted octanol–water partition coefficient (Wildman–Crippen LogP) is 2.75. The smallest absolute Gasteiger partial charge is 0.342 e. The van der Waals surface area contributed by atoms with E-state index in [0.29, 0.717) is 11.3 Å². The maximum absolute atomic E-state index is 12.3. The Bertz CT molecular complexity index is 811. The average molecular weight is 329 g/mol. The lowest BCUT2D eigenvalue weighted by molar-refractivity contribution is -0.123. The number of nitrogens with one attached hydrogen (secondary N) is 1. The van der Waals surface area contributed by atoms with Crippen molar-refractivity contribution in [1.82, 2.24) is 0 Å². The van der Waals surface area contributed by atoms with E-state index in [0.717, 1.165) is 5.56 Å². The van der Waals surface area contributed by atoms with Gasteiger partial charge in [-0.1, -0.05) is 12.1 Å². The van der Waals surface area contributed by atoms with Gasteiger partial charge < -0.3 is 14.5 Å². The molecule has 0 unspecified atom stereocenters. The van der Waals surface area contributed by atoms with Crippen LogP contribution in [0.1, 0.15) is 34.2 Å². The van der Waals surface area contributed by atoms with Crippen molar-refractivity contribution in [3.63, 3.8) is 0 Å². The Morgan fingerprint density at radius 1 is 1.17 bits per heavy atom. The first kappa shape index (κ1) is 17.5. The van der Waals surface area contributed by atoms with Crippen molar-refractivity contribution in [2.24, 2.45) is 0 Å². The van der Waals surface area contributed by atoms with Crippen LogP contribution in [0.3, 0.4) is 0 Å². The molecule has 0 spiro atoms. The molecule has 0 fully saturated rings. The highest BCUT2D eigenvalue weighted by Gasteiger charge is 2.23. The molecule has 126 valence electrons. The van der Waals surface area contributed by atoms with E-state index in [1.54, 1.807) is 13.0 Å². The van der Waals surface area contributed by atoms with Gasteiger partial charge in [-0.3, -0.25) is 4.79 Å². The molecule has 1 atom stereocenters. The Morgan fingerprint density at radius 3 is 2.50 bits per heavy atom. The molecule has 0 saturated carbocycles. The zero-order valence-corrected chi connectivity index (χ0v) is 14.0. The van der Waals surface area contributed by atoms with Gasteiger partial charge in [0.1, 0.15) is 11.3 Å². The molecule has 0 saturated heterocycles. The van der Waals surface area contributed by atoms with Crippen LogP contribution in [0.4, 0.5) is 5.69 Å². The minimum absolute atomic E-state index is 0.157. The first-order valence-electron chi connectivity index (χ1n) is 7.48. The van der Waals surface area contributed by atoms with Crippen LogP contribution in [0.25, 0.3) is 0 Å². The summed E-state index contributed by atoms with van der Waals surface area (Å²) in [5, 5.41) is 2.69. The third kappa shape index (κ3) is 4.10. The van der Waals surface area contributed by atoms with Crippen molar-refractivity contribution in [2.45, 2.75) is 33.8 Å². The molecule has 0 bridgehead atoms. The Balaban J connectivity index is 2.09. The Morgan fingerprint density at radius 2 is 1.88 bits per heavy atom. The molecule has 1 aromatic carbocycles. The summed E-state index contributed by atoms with van der Waals surface area (Å²) < 4.78 is 10.1. The molecule has 1 N–H and O–H groups in total. The summed E-state index contributed by atoms with van der Waals surface area (Å²) in [6.45, 7) is 6.50. The summed E-state index contributed by atoms with van der Waals surface area (Å²) >= 11 is 0. The van der Waals surface area contributed by atoms with Crippen LogP contribution in [0.15, 0.2) is 39.5 Å². The number of hydrogen-bond acceptors (Lipinski definition) is 5. The summed E-state index contributed by atoms with van der Waals surface area (Å²) in [6.07, 6.45) is -0.997. The Labute approximate surface area is 139 Å². The second-order valence-corrected chi connectivity index (χ2v) is 5.59. The molecule has 2 aromatic rings. The van der Waals surface area contributed by atoms with Crippen LogP contribution >= 0.6 is 0 Å². The third-order valence-electron chi connectivity index (χ3n) is 3.48. The minimum atomic E-state index is -0.997. The number of amides is 1. The average Bonchev–Trinajstić information content (AvgIpc) is 2.45. The van der Waals surface area contributed by atoms with E-state index in [4.69, 9.17) is 9.15 Å². The topological polar surface area (TPSA) is 85.6 Å². The molecule has 0 aliphatic rings. The summed E-state index contributed by atoms with van der Waals surface area (Å²) in [6, 6.07) is 8.50. The number of aryl methyl sites for hydroxylation is 3. The summed E-state index contributed by atoms with van der Waals surface area (Å²) in [5.74, 6) is -0.987. The normalized spacial score (nSPS) is 11.7. The maximum atomic E-state index is 12.3. The largest absolute Gasteiger partial charge is 0.449 e. The molecule has 24 heavy (non-hydrogen) atoms. The summed E-state index contributed by atoms with van der Waals surface area (Å²) in [7, 11) is 0. The number of anilines is 1. The van der Waals surface area contributed by atoms with Gasteiger partial charge in [-0.2, -0.15) is 0 Å². The molecular formula is C18H19NO5. The summed E-state index contributed by atoms with van der Waals surface area (Å²) in [5.41, 5.74) is 1.70. The molecule has 2 rings (SSSR count). The molecule has 1 amide bonds. The SMILES string of the molecule is Cc1cccc(NC(=O)[C@@H](C)OC(=O)c2c(C)cc(=O)oc2C)c1. The van der Waals surface area contributed by atoms with Crippen molar-refractivity contribution in [2.75, 3.05) is 5.32 Å². The number of benzene rings is 1. The summed E-state index contributed by atoms with van der Waals surface area (Å²) in [4.78, 5) is 35.7. The number of carbonyl (C=O) groups is 2. The molecule has 0 radical (unpaired) electrons. The van der Waals surface area contributed by atoms with Gasteiger partial charge in [0.05, 0.1) is 0 Å². The van der Waals surface area contributed by atoms with E-state index in [1.165, 1.54) is 19.9 Å². The van der Waals surface area contributed by atoms with Gasteiger partial charge in [-0.15, -0.1) is 0 Å². The van der Waals surface area contributed by atoms with E-state index in [2.05, 4.69) is 5.32 Å². The van der Waals surface area contributed by atoms with E-state index < -0.39 is 23.6 Å². The van der Waals surface area contributed by atoms with Gasteiger partial charge in [-0.25, -0.2) is 9.59 Å². The van der Waals surface area contributed by atoms with Crippen LogP contribution in [0, 0.1) is 20.8 Å². The first-order chi connectivity index (χ1) is 11.3. The van der Waals surface area contributed by atoms with Crippen molar-refractivity contribution in [3.8, 4) is 0 Å². The Kier molecular flexibility index (Phi) is 5.18. The monoisotopic (exact) mass is 329 g/mol. The fraction of sp³-hybridized carbons (Fsp3) is 0.278. The molecule has 6 heteroatoms. The maximum Gasteiger partial charge on any atom is 0.342 e. The van der Waals surface area contributed by atoms with Crippen LogP contribution in [-0.2, 0) is 9.53 Å². The molecule has 1 aromatic heterocycles. The Hall–Kier alpha value is -2.89. The third-order valence-corrected chi connectivity index (χ3v) is 3.48. The van der Waals surface area contributed by atoms with Crippen LogP contribution in [0.5, 0.6) is 0 Å². The van der Waals surface area contributed by atoms with E-state index >= 15 is 0 Å². The van der Waals surface area contributed by atoms with E-state index in [9.17, 15) is 14.4 Å². The number of ether oxygens (including phenoxy) is 1. The van der Waals surface area contributed by atoms with Gasteiger partial charge in [0, 0.05) is 11.8 Å². The molecule has 0 aliphatic carbocycles. The standard InChI is InChI=1S/C18H19NO5/c1-10-6-5-7-14(8-10)19-17(21)13(4)24-18(22)16-11(2)9-15(20)23-12(16)3/h5-9,13H,1-4H3,(H,19,21)/t13-/m1/s1. The highest BCUT2D eigenvalue weighted by Crippen LogP contribution is 2.15. The quantitative estimate of drug-likeness (QED) is 0.872. The first-order valence-corrected chi connectivity index (χ1v) is 7.48. The highest BCUT2D eigenvalue weighted by atomic mass is 16.5. The molecule has 1 heterocycles. The van der Waals surface area contributed by atoms with Crippen molar-refractivity contribution in [3.05, 3.63) is 63.2 Å². The van der Waals surface area contributed by atoms with Crippen molar-refractivity contribution < 1.29 is 18.7 Å². The number of esters is 1. The lowest BCUT2D eigenvalue weighted by Gasteiger charge is -2.15. The van der Waals surface area contributed by atoms with Gasteiger partial charge >= 0.3 is 11.6 Å². The zero-order valence-electron chi connectivity index (χ0n) is 14.0. The van der Waals surface area contributed by atoms with E-state index in [-0.39, 0.29) is 11.3 Å².